The fourth-order valence-electron chi connectivity index (χ4n) is 2.88. The molecule has 0 unspecified atom stereocenters. The van der Waals surface area contributed by atoms with Gasteiger partial charge in [-0.15, -0.1) is 0 Å². The van der Waals surface area contributed by atoms with Gasteiger partial charge in [0.1, 0.15) is 22.6 Å². The highest BCUT2D eigenvalue weighted by atomic mass is 35.5. The average molecular weight is 387 g/mol. The predicted octanol–water partition coefficient (Wildman–Crippen LogP) is 2.78. The number of allylic oxidation sites excluding steroid dienone is 1. The van der Waals surface area contributed by atoms with E-state index in [1.165, 1.54) is 12.1 Å². The van der Waals surface area contributed by atoms with Crippen molar-refractivity contribution in [3.05, 3.63) is 47.1 Å². The lowest BCUT2D eigenvalue weighted by Gasteiger charge is -2.29. The summed E-state index contributed by atoms with van der Waals surface area (Å²) < 4.78 is 43.1. The largest absolute Gasteiger partial charge is 0.489 e. The van der Waals surface area contributed by atoms with Gasteiger partial charge in [-0.2, -0.15) is 0 Å². The zero-order valence-corrected chi connectivity index (χ0v) is 15.4. The summed E-state index contributed by atoms with van der Waals surface area (Å²) in [6.45, 7) is 2.32. The molecule has 1 aromatic rings. The van der Waals surface area contributed by atoms with Gasteiger partial charge in [-0.1, -0.05) is 11.6 Å². The SMILES string of the molecule is CS(=O)(=O)c1ccc(N2C=C(Cl)C(OC3CCNCC3)=CC2)cc1F. The average Bonchev–Trinajstić information content (AvgIpc) is 2.56. The van der Waals surface area contributed by atoms with Gasteiger partial charge in [0.05, 0.1) is 5.03 Å². The van der Waals surface area contributed by atoms with Crippen molar-refractivity contribution in [1.29, 1.82) is 0 Å². The number of anilines is 1. The Labute approximate surface area is 152 Å². The van der Waals surface area contributed by atoms with Crippen molar-refractivity contribution in [3.63, 3.8) is 0 Å². The highest BCUT2D eigenvalue weighted by Crippen LogP contribution is 2.29. The minimum Gasteiger partial charge on any atom is -0.489 e. The molecule has 0 aromatic heterocycles. The second-order valence-electron chi connectivity index (χ2n) is 6.15. The number of hydrogen-bond donors (Lipinski definition) is 1. The highest BCUT2D eigenvalue weighted by molar-refractivity contribution is 7.90. The van der Waals surface area contributed by atoms with Gasteiger partial charge in [0, 0.05) is 24.7 Å². The van der Waals surface area contributed by atoms with E-state index in [0.717, 1.165) is 32.2 Å². The summed E-state index contributed by atoms with van der Waals surface area (Å²) in [5, 5.41) is 3.72. The molecular weight excluding hydrogens is 367 g/mol. The molecule has 8 heteroatoms. The molecule has 3 rings (SSSR count). The summed E-state index contributed by atoms with van der Waals surface area (Å²) in [5.74, 6) is -0.136. The Morgan fingerprint density at radius 2 is 2.04 bits per heavy atom. The second kappa shape index (κ2) is 7.35. The molecule has 1 fully saturated rings. The van der Waals surface area contributed by atoms with E-state index in [1.807, 2.05) is 6.08 Å². The first-order valence-corrected chi connectivity index (χ1v) is 10.3. The molecule has 1 saturated heterocycles. The van der Waals surface area contributed by atoms with E-state index in [2.05, 4.69) is 5.32 Å². The molecule has 0 radical (unpaired) electrons. The van der Waals surface area contributed by atoms with Crippen LogP contribution >= 0.6 is 11.6 Å². The van der Waals surface area contributed by atoms with Crippen LogP contribution in [-0.4, -0.2) is 40.4 Å². The lowest BCUT2D eigenvalue weighted by atomic mass is 10.1. The second-order valence-corrected chi connectivity index (χ2v) is 8.54. The van der Waals surface area contributed by atoms with Crippen molar-refractivity contribution in [3.8, 4) is 0 Å². The molecular formula is C17H20ClFN2O3S. The number of hydrogen-bond acceptors (Lipinski definition) is 5. The van der Waals surface area contributed by atoms with Gasteiger partial charge in [0.25, 0.3) is 0 Å². The molecule has 2 aliphatic heterocycles. The molecule has 0 saturated carbocycles. The molecule has 0 spiro atoms. The highest BCUT2D eigenvalue weighted by Gasteiger charge is 2.21. The molecule has 1 aromatic carbocycles. The molecule has 1 N–H and O–H groups in total. The maximum atomic E-state index is 14.1. The van der Waals surface area contributed by atoms with Crippen LogP contribution < -0.4 is 10.2 Å². The minimum absolute atomic E-state index is 0.146. The lowest BCUT2D eigenvalue weighted by molar-refractivity contribution is 0.0940. The summed E-state index contributed by atoms with van der Waals surface area (Å²) in [4.78, 5) is 1.43. The fourth-order valence-corrected chi connectivity index (χ4v) is 3.85. The smallest absolute Gasteiger partial charge is 0.178 e. The van der Waals surface area contributed by atoms with Crippen molar-refractivity contribution in [2.24, 2.45) is 0 Å². The number of nitrogens with zero attached hydrogens (tertiary/aromatic N) is 1. The molecule has 0 bridgehead atoms. The molecule has 2 aliphatic rings. The normalized spacial score (nSPS) is 19.4. The van der Waals surface area contributed by atoms with E-state index >= 15 is 0 Å². The van der Waals surface area contributed by atoms with Gasteiger partial charge in [-0.05, 0) is 50.2 Å². The van der Waals surface area contributed by atoms with Crippen LogP contribution in [0.1, 0.15) is 12.8 Å². The van der Waals surface area contributed by atoms with Crippen molar-refractivity contribution in [1.82, 2.24) is 5.32 Å². The van der Waals surface area contributed by atoms with Gasteiger partial charge >= 0.3 is 0 Å². The summed E-state index contributed by atoms with van der Waals surface area (Å²) in [6.07, 6.45) is 6.52. The van der Waals surface area contributed by atoms with Crippen LogP contribution in [-0.2, 0) is 14.6 Å². The molecule has 5 nitrogen and oxygen atoms in total. The number of benzene rings is 1. The van der Waals surface area contributed by atoms with Gasteiger partial charge < -0.3 is 15.0 Å². The standard InChI is InChI=1S/C17H20ClFN2O3S/c1-25(22,23)17-3-2-12(10-15(17)19)21-9-6-16(14(18)11-21)24-13-4-7-20-8-5-13/h2-3,6,10-11,13,20H,4-5,7-9H2,1H3. The number of nitrogens with one attached hydrogen (secondary N) is 1. The van der Waals surface area contributed by atoms with E-state index in [-0.39, 0.29) is 11.0 Å². The number of rotatable bonds is 4. The maximum absolute atomic E-state index is 14.1. The topological polar surface area (TPSA) is 58.6 Å². The summed E-state index contributed by atoms with van der Waals surface area (Å²) in [7, 11) is -3.59. The molecule has 25 heavy (non-hydrogen) atoms. The number of piperidine rings is 1. The molecule has 0 amide bonds. The van der Waals surface area contributed by atoms with Crippen LogP contribution in [0.3, 0.4) is 0 Å². The number of sulfone groups is 1. The summed E-state index contributed by atoms with van der Waals surface area (Å²) in [6, 6.07) is 4.03. The van der Waals surface area contributed by atoms with Gasteiger partial charge in [0.15, 0.2) is 9.84 Å². The maximum Gasteiger partial charge on any atom is 0.178 e. The Hall–Kier alpha value is -1.57. The van der Waals surface area contributed by atoms with Gasteiger partial charge in [-0.25, -0.2) is 12.8 Å². The van der Waals surface area contributed by atoms with Gasteiger partial charge in [0.2, 0.25) is 0 Å². The molecule has 2 heterocycles. The molecule has 136 valence electrons. The van der Waals surface area contributed by atoms with Crippen molar-refractivity contribution in [2.75, 3.05) is 30.8 Å². The van der Waals surface area contributed by atoms with Crippen LogP contribution in [0.25, 0.3) is 0 Å². The third kappa shape index (κ3) is 4.34. The Kier molecular flexibility index (Phi) is 5.36. The van der Waals surface area contributed by atoms with E-state index < -0.39 is 15.7 Å². The van der Waals surface area contributed by atoms with Gasteiger partial charge in [-0.3, -0.25) is 0 Å². The monoisotopic (exact) mass is 386 g/mol. The van der Waals surface area contributed by atoms with E-state index in [1.54, 1.807) is 17.2 Å². The first-order valence-electron chi connectivity index (χ1n) is 8.06. The van der Waals surface area contributed by atoms with E-state index in [4.69, 9.17) is 16.3 Å². The first-order chi connectivity index (χ1) is 11.8. The van der Waals surface area contributed by atoms with Crippen molar-refractivity contribution in [2.45, 2.75) is 23.8 Å². The van der Waals surface area contributed by atoms with Crippen LogP contribution in [0.5, 0.6) is 0 Å². The minimum atomic E-state index is -3.59. The lowest BCUT2D eigenvalue weighted by Crippen LogP contribution is -2.33. The third-order valence-corrected chi connectivity index (χ3v) is 5.62. The van der Waals surface area contributed by atoms with Crippen LogP contribution in [0.4, 0.5) is 10.1 Å². The summed E-state index contributed by atoms with van der Waals surface area (Å²) >= 11 is 6.31. The number of halogens is 2. The Bertz CT molecular complexity index is 817. The molecule has 0 atom stereocenters. The van der Waals surface area contributed by atoms with E-state index in [9.17, 15) is 12.8 Å². The molecule has 0 aliphatic carbocycles. The zero-order chi connectivity index (χ0) is 18.0. The summed E-state index contributed by atoms with van der Waals surface area (Å²) in [5.41, 5.74) is 0.528. The fraction of sp³-hybridized carbons (Fsp3) is 0.412. The predicted molar refractivity (Wildman–Crippen MR) is 95.9 cm³/mol. The quantitative estimate of drug-likeness (QED) is 0.862. The first kappa shape index (κ1) is 18.2. The van der Waals surface area contributed by atoms with E-state index in [0.29, 0.717) is 23.0 Å². The van der Waals surface area contributed by atoms with Crippen LogP contribution in [0, 0.1) is 5.82 Å². The van der Waals surface area contributed by atoms with Crippen LogP contribution in [0.15, 0.2) is 46.2 Å². The Morgan fingerprint density at radius 1 is 1.32 bits per heavy atom. The Balaban J connectivity index is 1.73. The van der Waals surface area contributed by atoms with Crippen molar-refractivity contribution >= 4 is 27.1 Å². The van der Waals surface area contributed by atoms with Crippen LogP contribution in [0.2, 0.25) is 0 Å². The Morgan fingerprint density at radius 3 is 2.64 bits per heavy atom. The van der Waals surface area contributed by atoms with Crippen molar-refractivity contribution < 1.29 is 17.5 Å². The third-order valence-electron chi connectivity index (χ3n) is 4.20. The number of ether oxygens (including phenoxy) is 1. The zero-order valence-electron chi connectivity index (χ0n) is 13.8.